The van der Waals surface area contributed by atoms with Crippen LogP contribution in [0.25, 0.3) is 0 Å². The number of unbranched alkanes of at least 4 members (excludes halogenated alkanes) is 1. The summed E-state index contributed by atoms with van der Waals surface area (Å²) in [7, 11) is 5.66. The van der Waals surface area contributed by atoms with Crippen LogP contribution >= 0.6 is 0 Å². The van der Waals surface area contributed by atoms with Gasteiger partial charge in [0.1, 0.15) is 65.1 Å². The van der Waals surface area contributed by atoms with Gasteiger partial charge in [-0.2, -0.15) is 0 Å². The van der Waals surface area contributed by atoms with E-state index in [4.69, 9.17) is 26.9 Å². The first-order valence-electron chi connectivity index (χ1n) is 29.7. The van der Waals surface area contributed by atoms with Crippen LogP contribution in [0.4, 0.5) is 14.4 Å². The van der Waals surface area contributed by atoms with E-state index in [-0.39, 0.29) is 64.3 Å². The van der Waals surface area contributed by atoms with Crippen LogP contribution in [-0.4, -0.2) is 189 Å². The van der Waals surface area contributed by atoms with Crippen molar-refractivity contribution < 1.29 is 81.6 Å². The molecule has 2 rings (SSSR count). The highest BCUT2D eigenvalue weighted by molar-refractivity contribution is 6.04. The maximum Gasteiger partial charge on any atom is 0.408 e. The fourth-order valence-corrected chi connectivity index (χ4v) is 8.29. The van der Waals surface area contributed by atoms with Crippen molar-refractivity contribution in [2.45, 2.75) is 219 Å². The molecule has 0 spiro atoms. The molecule has 492 valence electrons. The van der Waals surface area contributed by atoms with Crippen LogP contribution < -0.4 is 63.7 Å². The molecule has 1 aromatic rings. The Morgan fingerprint density at radius 1 is 0.614 bits per heavy atom. The third kappa shape index (κ3) is 31.2. The van der Waals surface area contributed by atoms with E-state index >= 15 is 0 Å². The zero-order chi connectivity index (χ0) is 66.5. The zero-order valence-corrected chi connectivity index (χ0v) is 53.1. The molecule has 1 aromatic carbocycles. The van der Waals surface area contributed by atoms with Crippen LogP contribution in [-0.2, 0) is 68.5 Å². The summed E-state index contributed by atoms with van der Waals surface area (Å²) in [6, 6.07) is -4.46. The van der Waals surface area contributed by atoms with E-state index in [2.05, 4.69) is 63.7 Å². The number of benzene rings is 1. The lowest BCUT2D eigenvalue weighted by Gasteiger charge is -2.29. The van der Waals surface area contributed by atoms with Gasteiger partial charge < -0.3 is 87.8 Å². The molecule has 1 heterocycles. The van der Waals surface area contributed by atoms with Crippen molar-refractivity contribution in [1.82, 2.24) is 63.7 Å². The normalized spacial score (nSPS) is 21.4. The zero-order valence-electron chi connectivity index (χ0n) is 53.1. The monoisotopic (exact) mass is 1240 g/mol. The standard InChI is InChI=1S/C58H95BN12O17/c1-14-15-29-85-43(73)32-42(70-55(84)88-58(11,12)13)51(80)67-36-21-25-60-52(81)44(34(4)72)71-48(77)38(23-27-62-54(83)87-57(8,9)10)64-46(75)37(22-26-61-53(82)86-56(5,6)7)66-49(78)40(30-33(2)3)68-50(79)41(31-35-19-17-16-18-20-35)69-47(76)39(24-28-63-59)65-45(36)74/h16-20,33-34,36-42,44,63,72H,14-15,21-32H2,1-13H3,(H,60,81)(H,61,82)(H,62,83)(H,64,75)(H,65,74)(H,66,78)(H,67,80)(H,68,79)(H,69,76)(H,70,84)(H,71,77)/t34-,36+,37+,38+,39+,40+,41-,42+,44+/m1/s1. The molecule has 2 radical (unpaired) electrons. The van der Waals surface area contributed by atoms with Crippen LogP contribution in [0.2, 0.25) is 0 Å². The number of hydrogen-bond acceptors (Lipinski definition) is 18. The second-order valence-corrected chi connectivity index (χ2v) is 24.6. The topological polar surface area (TPSA) is 406 Å². The average Bonchev–Trinajstić information content (AvgIpc) is 3.57. The van der Waals surface area contributed by atoms with Crippen molar-refractivity contribution in [3.8, 4) is 0 Å². The highest BCUT2D eigenvalue weighted by atomic mass is 16.6. The summed E-state index contributed by atoms with van der Waals surface area (Å²) in [5.41, 5.74) is -2.37. The second-order valence-electron chi connectivity index (χ2n) is 24.6. The first-order valence-corrected chi connectivity index (χ1v) is 29.7. The highest BCUT2D eigenvalue weighted by Crippen LogP contribution is 2.14. The number of ether oxygens (including phenoxy) is 4. The number of carbonyl (C=O) groups excluding carboxylic acids is 12. The average molecular weight is 1240 g/mol. The summed E-state index contributed by atoms with van der Waals surface area (Å²) in [5, 5.41) is 41.3. The fourth-order valence-electron chi connectivity index (χ4n) is 8.29. The second kappa shape index (κ2) is 37.2. The van der Waals surface area contributed by atoms with Crippen molar-refractivity contribution in [2.24, 2.45) is 5.92 Å². The van der Waals surface area contributed by atoms with Gasteiger partial charge in [-0.3, -0.25) is 43.2 Å². The molecule has 1 aliphatic rings. The Morgan fingerprint density at radius 2 is 1.07 bits per heavy atom. The quantitative estimate of drug-likeness (QED) is 0.0317. The maximum absolute atomic E-state index is 14.7. The first-order chi connectivity index (χ1) is 41.0. The van der Waals surface area contributed by atoms with E-state index in [1.165, 1.54) is 0 Å². The lowest BCUT2D eigenvalue weighted by molar-refractivity contribution is -0.146. The van der Waals surface area contributed by atoms with Gasteiger partial charge in [0, 0.05) is 26.1 Å². The number of amides is 11. The van der Waals surface area contributed by atoms with Gasteiger partial charge in [0.2, 0.25) is 47.3 Å². The Morgan fingerprint density at radius 3 is 1.56 bits per heavy atom. The smallest absolute Gasteiger partial charge is 0.408 e. The third-order valence-electron chi connectivity index (χ3n) is 12.5. The van der Waals surface area contributed by atoms with E-state index in [9.17, 15) is 62.6 Å². The number of carbonyl (C=O) groups is 12. The maximum atomic E-state index is 14.7. The van der Waals surface area contributed by atoms with Crippen molar-refractivity contribution in [3.05, 3.63) is 35.9 Å². The molecule has 1 saturated heterocycles. The van der Waals surface area contributed by atoms with Gasteiger partial charge in [-0.05, 0) is 126 Å². The summed E-state index contributed by atoms with van der Waals surface area (Å²) in [6.07, 6.45) is -5.80. The molecule has 1 fully saturated rings. The molecular formula is C58H95BN12O17. The predicted molar refractivity (Wildman–Crippen MR) is 322 cm³/mol. The van der Waals surface area contributed by atoms with E-state index in [0.29, 0.717) is 18.4 Å². The molecule has 9 atom stereocenters. The molecule has 0 unspecified atom stereocenters. The minimum Gasteiger partial charge on any atom is -0.466 e. The van der Waals surface area contributed by atoms with Crippen molar-refractivity contribution in [3.63, 3.8) is 0 Å². The summed E-state index contributed by atoms with van der Waals surface area (Å²) >= 11 is 0. The van der Waals surface area contributed by atoms with Gasteiger partial charge >= 0.3 is 24.2 Å². The van der Waals surface area contributed by atoms with Gasteiger partial charge in [-0.25, -0.2) is 14.4 Å². The summed E-state index contributed by atoms with van der Waals surface area (Å²) in [6.45, 7) is 19.7. The van der Waals surface area contributed by atoms with Crippen LogP contribution in [0.5, 0.6) is 0 Å². The van der Waals surface area contributed by atoms with Gasteiger partial charge in [0.25, 0.3) is 0 Å². The predicted octanol–water partition coefficient (Wildman–Crippen LogP) is 0.0890. The molecule has 11 amide bonds. The number of esters is 1. The summed E-state index contributed by atoms with van der Waals surface area (Å²) in [5.74, 6) is -9.26. The van der Waals surface area contributed by atoms with Crippen LogP contribution in [0, 0.1) is 5.92 Å². The third-order valence-corrected chi connectivity index (χ3v) is 12.5. The molecule has 0 aromatic heterocycles. The molecule has 30 heteroatoms. The SMILES string of the molecule is [B]NCC[C@@H]1NC(=O)[C@@H](NC(=O)[C@H](CC(=O)OCCCC)NC(=O)OC(C)(C)C)CCNC(=O)[C@H]([C@@H](C)O)NC(=O)[C@H](CCNC(=O)OC(C)(C)C)NC(=O)[C@H](CCNC(=O)OC(C)(C)C)NC(=O)[C@H](CC(C)C)NC(=O)[C@@H](Cc2ccccc2)NC1=O. The molecule has 13 N–H and O–H groups in total. The number of rotatable bonds is 22. The molecule has 29 nitrogen and oxygen atoms in total. The van der Waals surface area contributed by atoms with E-state index < -0.39 is 162 Å². The molecule has 88 heavy (non-hydrogen) atoms. The molecule has 1 aliphatic heterocycles. The molecular weight excluding hydrogens is 1150 g/mol. The lowest BCUT2D eigenvalue weighted by Crippen LogP contribution is -2.61. The molecule has 0 bridgehead atoms. The summed E-state index contributed by atoms with van der Waals surface area (Å²) < 4.78 is 21.3. The Labute approximate surface area is 516 Å². The largest absolute Gasteiger partial charge is 0.466 e. The summed E-state index contributed by atoms with van der Waals surface area (Å²) in [4.78, 5) is 168. The van der Waals surface area contributed by atoms with E-state index in [0.717, 1.165) is 6.92 Å². The lowest BCUT2D eigenvalue weighted by atomic mass is 10.00. The minimum atomic E-state index is -1.80. The number of aliphatic hydroxyl groups excluding tert-OH is 1. The Bertz CT molecular complexity index is 2500. The van der Waals surface area contributed by atoms with Gasteiger partial charge in [0.15, 0.2) is 7.98 Å². The van der Waals surface area contributed by atoms with Crippen LogP contribution in [0.15, 0.2) is 30.3 Å². The molecule has 0 saturated carbocycles. The van der Waals surface area contributed by atoms with Gasteiger partial charge in [-0.15, -0.1) is 0 Å². The van der Waals surface area contributed by atoms with E-state index in [1.54, 1.807) is 106 Å². The molecule has 0 aliphatic carbocycles. The Hall–Kier alpha value is -7.76. The fraction of sp³-hybridized carbons (Fsp3) is 0.690. The van der Waals surface area contributed by atoms with E-state index in [1.807, 2.05) is 6.92 Å². The number of alkyl carbamates (subject to hydrolysis) is 3. The van der Waals surface area contributed by atoms with Crippen molar-refractivity contribution in [2.75, 3.05) is 32.8 Å². The van der Waals surface area contributed by atoms with Gasteiger partial charge in [-0.1, -0.05) is 57.5 Å². The van der Waals surface area contributed by atoms with Crippen molar-refractivity contribution in [1.29, 1.82) is 0 Å². The minimum absolute atomic E-state index is 0.00468. The van der Waals surface area contributed by atoms with Crippen molar-refractivity contribution >= 4 is 79.5 Å². The number of aliphatic hydroxyl groups is 1. The highest BCUT2D eigenvalue weighted by Gasteiger charge is 2.37. The van der Waals surface area contributed by atoms with Crippen LogP contribution in [0.1, 0.15) is 147 Å². The number of nitrogens with one attached hydrogen (secondary N) is 12. The number of hydrogen-bond donors (Lipinski definition) is 13. The Balaban J connectivity index is 2.93. The van der Waals surface area contributed by atoms with Gasteiger partial charge in [0.05, 0.1) is 19.1 Å². The first kappa shape index (κ1) is 76.3. The Kier molecular flexibility index (Phi) is 32.2. The van der Waals surface area contributed by atoms with Crippen LogP contribution in [0.3, 0.4) is 0 Å².